The van der Waals surface area contributed by atoms with Gasteiger partial charge in [-0.15, -0.1) is 0 Å². The third kappa shape index (κ3) is 4.22. The molecule has 0 amide bonds. The average molecular weight is 504 g/mol. The zero-order valence-corrected chi connectivity index (χ0v) is 18.8. The molecule has 1 N–H and O–H groups in total. The fourth-order valence-corrected chi connectivity index (χ4v) is 5.00. The predicted octanol–water partition coefficient (Wildman–Crippen LogP) is 6.00. The number of benzene rings is 1. The van der Waals surface area contributed by atoms with Crippen LogP contribution in [-0.2, 0) is 6.18 Å². The van der Waals surface area contributed by atoms with Crippen LogP contribution in [0.15, 0.2) is 54.9 Å². The summed E-state index contributed by atoms with van der Waals surface area (Å²) in [5.41, 5.74) is -1.22. The third-order valence-corrected chi connectivity index (χ3v) is 6.88. The Hall–Kier alpha value is -3.76. The lowest BCUT2D eigenvalue weighted by molar-refractivity contribution is -0.137. The average Bonchev–Trinajstić information content (AvgIpc) is 3.27. The largest absolute Gasteiger partial charge is 0.478 e. The van der Waals surface area contributed by atoms with Gasteiger partial charge in [-0.05, 0) is 54.5 Å². The van der Waals surface area contributed by atoms with Crippen LogP contribution in [0.1, 0.15) is 52.9 Å². The maximum absolute atomic E-state index is 13.8. The first-order valence-corrected chi connectivity index (χ1v) is 11.3. The first-order valence-electron chi connectivity index (χ1n) is 11.3. The third-order valence-electron chi connectivity index (χ3n) is 6.88. The van der Waals surface area contributed by atoms with E-state index >= 15 is 0 Å². The van der Waals surface area contributed by atoms with E-state index in [1.807, 2.05) is 11.0 Å². The minimum absolute atomic E-state index is 0.0145. The van der Waals surface area contributed by atoms with E-state index in [1.165, 1.54) is 30.5 Å². The lowest BCUT2D eigenvalue weighted by Gasteiger charge is -2.46. The maximum Gasteiger partial charge on any atom is 0.418 e. The lowest BCUT2D eigenvalue weighted by Crippen LogP contribution is -2.42. The van der Waals surface area contributed by atoms with Gasteiger partial charge in [-0.1, -0.05) is 18.2 Å². The molecule has 1 fully saturated rings. The molecule has 1 saturated heterocycles. The van der Waals surface area contributed by atoms with Crippen LogP contribution in [0, 0.1) is 5.41 Å². The Morgan fingerprint density at radius 1 is 1.06 bits per heavy atom. The fraction of sp³-hybridized carbons (Fsp3) is 0.320. The van der Waals surface area contributed by atoms with Gasteiger partial charge in [0, 0.05) is 19.3 Å². The Kier molecular flexibility index (Phi) is 5.80. The smallest absolute Gasteiger partial charge is 0.418 e. The Morgan fingerprint density at radius 3 is 2.33 bits per heavy atom. The highest BCUT2D eigenvalue weighted by Crippen LogP contribution is 2.52. The van der Waals surface area contributed by atoms with E-state index in [1.54, 1.807) is 6.07 Å². The summed E-state index contributed by atoms with van der Waals surface area (Å²) in [6.07, 6.45) is -1.56. The molecule has 5 rings (SSSR count). The van der Waals surface area contributed by atoms with Crippen molar-refractivity contribution in [1.82, 2.24) is 14.8 Å². The zero-order chi connectivity index (χ0) is 25.7. The summed E-state index contributed by atoms with van der Waals surface area (Å²) in [4.78, 5) is 17.3. The maximum atomic E-state index is 13.8. The number of anilines is 1. The number of rotatable bonds is 5. The van der Waals surface area contributed by atoms with E-state index in [4.69, 9.17) is 5.11 Å². The molecule has 0 unspecified atom stereocenters. The van der Waals surface area contributed by atoms with Gasteiger partial charge in [0.05, 0.1) is 34.3 Å². The van der Waals surface area contributed by atoms with E-state index in [9.17, 15) is 26.7 Å². The van der Waals surface area contributed by atoms with Crippen molar-refractivity contribution in [1.29, 1.82) is 0 Å². The van der Waals surface area contributed by atoms with Crippen LogP contribution in [-0.4, -0.2) is 38.9 Å². The number of allylic oxidation sites excluding steroid dienone is 2. The Labute approximate surface area is 202 Å². The van der Waals surface area contributed by atoms with Crippen LogP contribution in [0.3, 0.4) is 0 Å². The number of carbonyl (C=O) groups is 1. The summed E-state index contributed by atoms with van der Waals surface area (Å²) < 4.78 is 69.4. The van der Waals surface area contributed by atoms with Gasteiger partial charge in [-0.3, -0.25) is 0 Å². The van der Waals surface area contributed by atoms with Crippen molar-refractivity contribution in [2.45, 2.75) is 31.9 Å². The molecule has 2 aliphatic rings. The van der Waals surface area contributed by atoms with Crippen LogP contribution < -0.4 is 4.90 Å². The number of piperidine rings is 1. The minimum Gasteiger partial charge on any atom is -0.478 e. The molecule has 1 aliphatic heterocycles. The summed E-state index contributed by atoms with van der Waals surface area (Å²) in [6, 6.07) is 7.94. The molecule has 1 spiro atoms. The van der Waals surface area contributed by atoms with Gasteiger partial charge in [0.2, 0.25) is 0 Å². The highest BCUT2D eigenvalue weighted by Gasteiger charge is 2.43. The molecular weight excluding hydrogens is 483 g/mol. The first-order chi connectivity index (χ1) is 17.1. The number of hydrogen-bond donors (Lipinski definition) is 1. The molecule has 3 aromatic rings. The Bertz CT molecular complexity index is 1320. The molecule has 2 aromatic heterocycles. The fourth-order valence-electron chi connectivity index (χ4n) is 5.00. The summed E-state index contributed by atoms with van der Waals surface area (Å²) >= 11 is 0. The number of aromatic nitrogens is 3. The highest BCUT2D eigenvalue weighted by atomic mass is 19.4. The van der Waals surface area contributed by atoms with Crippen LogP contribution in [0.5, 0.6) is 0 Å². The van der Waals surface area contributed by atoms with E-state index in [0.29, 0.717) is 43.7 Å². The number of pyridine rings is 1. The molecule has 0 radical (unpaired) electrons. The minimum atomic E-state index is -4.66. The molecule has 1 aliphatic carbocycles. The number of carboxylic acid groups (broad SMARTS) is 1. The number of halogens is 5. The second-order valence-electron chi connectivity index (χ2n) is 9.08. The van der Waals surface area contributed by atoms with Crippen molar-refractivity contribution in [2.24, 2.45) is 5.41 Å². The highest BCUT2D eigenvalue weighted by molar-refractivity contribution is 5.87. The van der Waals surface area contributed by atoms with Crippen molar-refractivity contribution in [3.05, 3.63) is 77.3 Å². The van der Waals surface area contributed by atoms with Crippen molar-refractivity contribution >= 4 is 17.4 Å². The molecule has 11 heteroatoms. The molecule has 0 bridgehead atoms. The number of aromatic carboxylic acids is 1. The molecule has 3 heterocycles. The molecule has 6 nitrogen and oxygen atoms in total. The molecule has 188 valence electrons. The number of carboxylic acids is 1. The standard InChI is InChI=1S/C25H21F5N4O2/c26-22(27)17-14-32-34(19-4-2-1-3-18(19)25(28,29)30)21(17)16-11-24(12-16)7-9-33(10-8-24)20-6-5-15(13-31-20)23(35)36/h1-6,11,13-14,22H,7-10,12H2,(H,35,36). The van der Waals surface area contributed by atoms with Gasteiger partial charge < -0.3 is 10.0 Å². The van der Waals surface area contributed by atoms with E-state index in [2.05, 4.69) is 10.1 Å². The van der Waals surface area contributed by atoms with Crippen LogP contribution in [0.4, 0.5) is 27.8 Å². The van der Waals surface area contributed by atoms with Crippen molar-refractivity contribution in [3.8, 4) is 5.69 Å². The van der Waals surface area contributed by atoms with Crippen LogP contribution in [0.2, 0.25) is 0 Å². The Morgan fingerprint density at radius 2 is 1.75 bits per heavy atom. The first kappa shape index (κ1) is 24.0. The van der Waals surface area contributed by atoms with Gasteiger partial charge in [0.15, 0.2) is 0 Å². The van der Waals surface area contributed by atoms with Gasteiger partial charge in [-0.25, -0.2) is 23.2 Å². The summed E-state index contributed by atoms with van der Waals surface area (Å²) in [7, 11) is 0. The van der Waals surface area contributed by atoms with Gasteiger partial charge in [-0.2, -0.15) is 18.3 Å². The van der Waals surface area contributed by atoms with Crippen molar-refractivity contribution in [2.75, 3.05) is 18.0 Å². The number of para-hydroxylation sites is 1. The second-order valence-corrected chi connectivity index (χ2v) is 9.08. The van der Waals surface area contributed by atoms with Gasteiger partial charge in [0.25, 0.3) is 6.43 Å². The quantitative estimate of drug-likeness (QED) is 0.432. The summed E-state index contributed by atoms with van der Waals surface area (Å²) in [5.74, 6) is -0.403. The lowest BCUT2D eigenvalue weighted by atomic mass is 9.64. The van der Waals surface area contributed by atoms with E-state index in [-0.39, 0.29) is 22.4 Å². The van der Waals surface area contributed by atoms with E-state index < -0.39 is 29.7 Å². The summed E-state index contributed by atoms with van der Waals surface area (Å²) in [6.45, 7) is 1.25. The van der Waals surface area contributed by atoms with E-state index in [0.717, 1.165) is 16.9 Å². The number of nitrogens with zero attached hydrogens (tertiary/aromatic N) is 4. The van der Waals surface area contributed by atoms with Gasteiger partial charge >= 0.3 is 12.1 Å². The molecule has 0 atom stereocenters. The molecule has 1 aromatic carbocycles. The Balaban J connectivity index is 1.40. The van der Waals surface area contributed by atoms with Gasteiger partial charge in [0.1, 0.15) is 5.82 Å². The van der Waals surface area contributed by atoms with Crippen LogP contribution >= 0.6 is 0 Å². The van der Waals surface area contributed by atoms with Crippen LogP contribution in [0.25, 0.3) is 11.3 Å². The number of hydrogen-bond acceptors (Lipinski definition) is 4. The SMILES string of the molecule is O=C(O)c1ccc(N2CCC3(C=C(c4c(C(F)F)cnn4-c4ccccc4C(F)(F)F)C3)CC2)nc1. The molecule has 0 saturated carbocycles. The molecule has 36 heavy (non-hydrogen) atoms. The topological polar surface area (TPSA) is 71.2 Å². The predicted molar refractivity (Wildman–Crippen MR) is 121 cm³/mol. The molecular formula is C25H21F5N4O2. The monoisotopic (exact) mass is 504 g/mol. The normalized spacial score (nSPS) is 17.3. The van der Waals surface area contributed by atoms with Crippen molar-refractivity contribution in [3.63, 3.8) is 0 Å². The number of alkyl halides is 5. The summed E-state index contributed by atoms with van der Waals surface area (Å²) in [5, 5.41) is 13.0. The second kappa shape index (κ2) is 8.72. The van der Waals surface area contributed by atoms with Crippen molar-refractivity contribution < 1.29 is 31.9 Å². The zero-order valence-electron chi connectivity index (χ0n) is 18.8.